The van der Waals surface area contributed by atoms with Gasteiger partial charge in [-0.3, -0.25) is 14.4 Å². The Labute approximate surface area is 217 Å². The Morgan fingerprint density at radius 2 is 1.59 bits per heavy atom. The number of nitrogens with zero attached hydrogens (tertiary/aromatic N) is 2. The molecule has 4 rings (SSSR count). The van der Waals surface area contributed by atoms with Crippen LogP contribution in [0.25, 0.3) is 0 Å². The highest BCUT2D eigenvalue weighted by Gasteiger charge is 2.41. The number of nitrogens with one attached hydrogen (secondary N) is 1. The Kier molecular flexibility index (Phi) is 8.66. The van der Waals surface area contributed by atoms with Crippen molar-refractivity contribution in [2.24, 2.45) is 5.73 Å². The number of benzene rings is 2. The molecule has 9 nitrogen and oxygen atoms in total. The first-order valence-corrected chi connectivity index (χ1v) is 12.8. The number of rotatable bonds is 7. The summed E-state index contributed by atoms with van der Waals surface area (Å²) >= 11 is 0. The average Bonchev–Trinajstić information content (AvgIpc) is 2.93. The van der Waals surface area contributed by atoms with Crippen molar-refractivity contribution < 1.29 is 23.9 Å². The van der Waals surface area contributed by atoms with Crippen LogP contribution in [0.15, 0.2) is 48.5 Å². The van der Waals surface area contributed by atoms with E-state index in [-0.39, 0.29) is 36.2 Å². The molecule has 1 saturated heterocycles. The number of carbonyl (C=O) groups excluding carboxylic acids is 3. The maximum Gasteiger partial charge on any atom is 0.264 e. The number of amides is 3. The van der Waals surface area contributed by atoms with Crippen LogP contribution in [0, 0.1) is 0 Å². The zero-order valence-corrected chi connectivity index (χ0v) is 21.5. The summed E-state index contributed by atoms with van der Waals surface area (Å²) in [5.74, 6) is 0.397. The summed E-state index contributed by atoms with van der Waals surface area (Å²) in [5, 5.41) is 3.11. The van der Waals surface area contributed by atoms with Gasteiger partial charge in [-0.2, -0.15) is 0 Å². The van der Waals surface area contributed by atoms with Crippen LogP contribution in [0.3, 0.4) is 0 Å². The standard InChI is InChI=1S/C28H36N4O5/c1-36-23-13-7-19(8-14-23)17-25(33)31-15-4-16-32(28(35)20-5-3-6-24(18-20)37-2)27(31)26(34)30-22-11-9-21(29)10-12-22/h3,5-8,13-14,18,21-22,27H,4,9-12,15-17,29H2,1-2H3,(H,30,34). The van der Waals surface area contributed by atoms with Gasteiger partial charge in [0.15, 0.2) is 6.17 Å². The Morgan fingerprint density at radius 3 is 2.27 bits per heavy atom. The molecule has 3 N–H and O–H groups in total. The first kappa shape index (κ1) is 26.5. The van der Waals surface area contributed by atoms with E-state index in [2.05, 4.69) is 5.32 Å². The third-order valence-corrected chi connectivity index (χ3v) is 7.15. The molecular formula is C28H36N4O5. The highest BCUT2D eigenvalue weighted by molar-refractivity contribution is 5.99. The fraction of sp³-hybridized carbons (Fsp3) is 0.464. The number of hydrogen-bond acceptors (Lipinski definition) is 6. The maximum absolute atomic E-state index is 13.7. The fourth-order valence-corrected chi connectivity index (χ4v) is 5.06. The van der Waals surface area contributed by atoms with Crippen LogP contribution in [-0.2, 0) is 16.0 Å². The van der Waals surface area contributed by atoms with Crippen molar-refractivity contribution in [2.75, 3.05) is 27.3 Å². The molecule has 0 radical (unpaired) electrons. The third-order valence-electron chi connectivity index (χ3n) is 7.15. The fourth-order valence-electron chi connectivity index (χ4n) is 5.06. The maximum atomic E-state index is 13.7. The minimum atomic E-state index is -1.03. The number of ether oxygens (including phenoxy) is 2. The molecule has 1 saturated carbocycles. The number of nitrogens with two attached hydrogens (primary N) is 1. The quantitative estimate of drug-likeness (QED) is 0.594. The van der Waals surface area contributed by atoms with Gasteiger partial charge < -0.3 is 30.3 Å². The van der Waals surface area contributed by atoms with E-state index in [1.54, 1.807) is 43.5 Å². The Bertz CT molecular complexity index is 1100. The van der Waals surface area contributed by atoms with Crippen molar-refractivity contribution in [2.45, 2.75) is 56.8 Å². The van der Waals surface area contributed by atoms with E-state index in [4.69, 9.17) is 15.2 Å². The molecule has 2 aromatic rings. The van der Waals surface area contributed by atoms with Crippen LogP contribution >= 0.6 is 0 Å². The van der Waals surface area contributed by atoms with Gasteiger partial charge in [0.2, 0.25) is 5.91 Å². The highest BCUT2D eigenvalue weighted by atomic mass is 16.5. The molecule has 9 heteroatoms. The van der Waals surface area contributed by atoms with Crippen LogP contribution in [0.4, 0.5) is 0 Å². The smallest absolute Gasteiger partial charge is 0.264 e. The topological polar surface area (TPSA) is 114 Å². The lowest BCUT2D eigenvalue weighted by atomic mass is 9.91. The summed E-state index contributed by atoms with van der Waals surface area (Å²) in [4.78, 5) is 43.9. The predicted molar refractivity (Wildman–Crippen MR) is 139 cm³/mol. The Morgan fingerprint density at radius 1 is 0.919 bits per heavy atom. The lowest BCUT2D eigenvalue weighted by Crippen LogP contribution is -2.64. The minimum absolute atomic E-state index is 0.0264. The molecule has 2 aliphatic rings. The van der Waals surface area contributed by atoms with Crippen LogP contribution in [0.5, 0.6) is 11.5 Å². The molecule has 3 amide bonds. The second-order valence-electron chi connectivity index (χ2n) is 9.69. The van der Waals surface area contributed by atoms with E-state index >= 15 is 0 Å². The van der Waals surface area contributed by atoms with E-state index in [0.717, 1.165) is 31.2 Å². The summed E-state index contributed by atoms with van der Waals surface area (Å²) < 4.78 is 10.5. The summed E-state index contributed by atoms with van der Waals surface area (Å²) in [6, 6.07) is 14.2. The van der Waals surface area contributed by atoms with E-state index in [1.807, 2.05) is 12.1 Å². The van der Waals surface area contributed by atoms with Crippen molar-refractivity contribution in [3.63, 3.8) is 0 Å². The van der Waals surface area contributed by atoms with Crippen LogP contribution in [-0.4, -0.2) is 73.1 Å². The zero-order chi connectivity index (χ0) is 26.4. The Hall–Kier alpha value is -3.59. The number of methoxy groups -OCH3 is 2. The molecule has 1 aliphatic carbocycles. The van der Waals surface area contributed by atoms with Gasteiger partial charge in [0, 0.05) is 30.7 Å². The zero-order valence-electron chi connectivity index (χ0n) is 21.5. The largest absolute Gasteiger partial charge is 0.497 e. The second-order valence-corrected chi connectivity index (χ2v) is 9.69. The normalized spacial score (nSPS) is 21.8. The molecule has 0 spiro atoms. The molecule has 1 atom stereocenters. The third kappa shape index (κ3) is 6.40. The van der Waals surface area contributed by atoms with E-state index in [9.17, 15) is 14.4 Å². The van der Waals surface area contributed by atoms with Gasteiger partial charge in [-0.25, -0.2) is 0 Å². The van der Waals surface area contributed by atoms with E-state index in [0.29, 0.717) is 36.6 Å². The molecule has 0 bridgehead atoms. The van der Waals surface area contributed by atoms with Crippen molar-refractivity contribution in [3.05, 3.63) is 59.7 Å². The molecule has 0 aromatic heterocycles. The summed E-state index contributed by atoms with van der Waals surface area (Å²) in [7, 11) is 3.13. The molecule has 1 heterocycles. The average molecular weight is 509 g/mol. The van der Waals surface area contributed by atoms with Crippen LogP contribution < -0.4 is 20.5 Å². The van der Waals surface area contributed by atoms with E-state index < -0.39 is 6.17 Å². The van der Waals surface area contributed by atoms with Gasteiger partial charge in [-0.05, 0) is 68.0 Å². The van der Waals surface area contributed by atoms with Gasteiger partial charge in [-0.1, -0.05) is 18.2 Å². The summed E-state index contributed by atoms with van der Waals surface area (Å²) in [5.41, 5.74) is 7.25. The van der Waals surface area contributed by atoms with Crippen LogP contribution in [0.2, 0.25) is 0 Å². The predicted octanol–water partition coefficient (Wildman–Crippen LogP) is 2.33. The first-order chi connectivity index (χ1) is 17.9. The lowest BCUT2D eigenvalue weighted by Gasteiger charge is -2.43. The molecular weight excluding hydrogens is 472 g/mol. The van der Waals surface area contributed by atoms with Gasteiger partial charge >= 0.3 is 0 Å². The minimum Gasteiger partial charge on any atom is -0.497 e. The van der Waals surface area contributed by atoms with Crippen molar-refractivity contribution in [1.82, 2.24) is 15.1 Å². The molecule has 198 valence electrons. The van der Waals surface area contributed by atoms with Crippen molar-refractivity contribution >= 4 is 17.7 Å². The summed E-state index contributed by atoms with van der Waals surface area (Å²) in [6.45, 7) is 0.764. The van der Waals surface area contributed by atoms with Crippen molar-refractivity contribution in [1.29, 1.82) is 0 Å². The lowest BCUT2D eigenvalue weighted by molar-refractivity contribution is -0.149. The number of carbonyl (C=O) groups is 3. The monoisotopic (exact) mass is 508 g/mol. The highest BCUT2D eigenvalue weighted by Crippen LogP contribution is 2.24. The summed E-state index contributed by atoms with van der Waals surface area (Å²) in [6.07, 6.45) is 2.89. The van der Waals surface area contributed by atoms with Gasteiger partial charge in [0.25, 0.3) is 11.8 Å². The first-order valence-electron chi connectivity index (χ1n) is 12.8. The van der Waals surface area contributed by atoms with Crippen LogP contribution in [0.1, 0.15) is 48.0 Å². The molecule has 1 unspecified atom stereocenters. The Balaban J connectivity index is 1.58. The molecule has 1 aliphatic heterocycles. The van der Waals surface area contributed by atoms with Gasteiger partial charge in [0.1, 0.15) is 11.5 Å². The molecule has 2 fully saturated rings. The SMILES string of the molecule is COc1ccc(CC(=O)N2CCCN(C(=O)c3cccc(OC)c3)C2C(=O)NC2CCC(N)CC2)cc1. The molecule has 37 heavy (non-hydrogen) atoms. The second kappa shape index (κ2) is 12.1. The molecule has 2 aromatic carbocycles. The van der Waals surface area contributed by atoms with Gasteiger partial charge in [0.05, 0.1) is 20.6 Å². The van der Waals surface area contributed by atoms with Gasteiger partial charge in [-0.15, -0.1) is 0 Å². The number of hydrogen-bond donors (Lipinski definition) is 2. The van der Waals surface area contributed by atoms with E-state index in [1.165, 1.54) is 16.9 Å². The van der Waals surface area contributed by atoms with Crippen molar-refractivity contribution in [3.8, 4) is 11.5 Å².